The second kappa shape index (κ2) is 27.9. The van der Waals surface area contributed by atoms with Gasteiger partial charge >= 0.3 is 0 Å². The molecule has 0 radical (unpaired) electrons. The molecule has 0 aromatic heterocycles. The fourth-order valence-corrected chi connectivity index (χ4v) is 6.19. The summed E-state index contributed by atoms with van der Waals surface area (Å²) in [5, 5.41) is 0. The van der Waals surface area contributed by atoms with Crippen LogP contribution < -0.4 is 0 Å². The molecule has 1 heterocycles. The molecule has 2 heteroatoms. The van der Waals surface area contributed by atoms with Crippen LogP contribution >= 0.6 is 0 Å². The van der Waals surface area contributed by atoms with Crippen LogP contribution in [0.3, 0.4) is 0 Å². The molecule has 1 rings (SSSR count). The van der Waals surface area contributed by atoms with Gasteiger partial charge in [-0.2, -0.15) is 0 Å². The second-order valence-electron chi connectivity index (χ2n) is 12.5. The minimum Gasteiger partial charge on any atom is -0.356 e. The van der Waals surface area contributed by atoms with Gasteiger partial charge in [-0.15, -0.1) is 0 Å². The molecule has 0 aliphatic carbocycles. The van der Waals surface area contributed by atoms with E-state index in [0.717, 1.165) is 0 Å². The molecule has 0 aromatic rings. The first-order valence-corrected chi connectivity index (χ1v) is 18.0. The van der Waals surface area contributed by atoms with E-state index in [1.165, 1.54) is 193 Å². The van der Waals surface area contributed by atoms with E-state index in [-0.39, 0.29) is 0 Å². The van der Waals surface area contributed by atoms with Gasteiger partial charge in [0, 0.05) is 25.5 Å². The largest absolute Gasteiger partial charge is 0.356 e. The van der Waals surface area contributed by atoms with Crippen molar-refractivity contribution in [3.63, 3.8) is 0 Å². The molecular weight excluding hydrogens is 460 g/mol. The molecule has 0 fully saturated rings. The molecular formula is C36H72N2. The lowest BCUT2D eigenvalue weighted by atomic mass is 10.1. The van der Waals surface area contributed by atoms with Gasteiger partial charge in [0.15, 0.2) is 0 Å². The highest BCUT2D eigenvalue weighted by atomic mass is 15.4. The lowest BCUT2D eigenvalue weighted by Crippen LogP contribution is -2.39. The predicted molar refractivity (Wildman–Crippen MR) is 173 cm³/mol. The minimum atomic E-state index is 0.641. The fourth-order valence-electron chi connectivity index (χ4n) is 6.19. The Morgan fingerprint density at radius 1 is 0.342 bits per heavy atom. The van der Waals surface area contributed by atoms with Crippen LogP contribution in [0.1, 0.15) is 201 Å². The number of hydrogen-bond acceptors (Lipinski definition) is 2. The van der Waals surface area contributed by atoms with Gasteiger partial charge in [0.2, 0.25) is 0 Å². The maximum Gasteiger partial charge on any atom is 0.101 e. The minimum absolute atomic E-state index is 0.641. The molecule has 226 valence electrons. The van der Waals surface area contributed by atoms with E-state index in [9.17, 15) is 0 Å². The Balaban J connectivity index is 2.23. The third-order valence-corrected chi connectivity index (χ3v) is 8.82. The first kappa shape index (κ1) is 35.4. The van der Waals surface area contributed by atoms with Gasteiger partial charge in [-0.3, -0.25) is 0 Å². The van der Waals surface area contributed by atoms with E-state index in [2.05, 4.69) is 43.0 Å². The third-order valence-electron chi connectivity index (χ3n) is 8.82. The van der Waals surface area contributed by atoms with Gasteiger partial charge in [0.05, 0.1) is 0 Å². The summed E-state index contributed by atoms with van der Waals surface area (Å²) in [7, 11) is 0. The number of hydrogen-bond donors (Lipinski definition) is 0. The van der Waals surface area contributed by atoms with Crippen molar-refractivity contribution >= 4 is 0 Å². The zero-order valence-electron chi connectivity index (χ0n) is 26.8. The number of nitrogens with zero attached hydrogens (tertiary/aromatic N) is 2. The number of rotatable bonds is 30. The lowest BCUT2D eigenvalue weighted by Gasteiger charge is -2.33. The first-order valence-electron chi connectivity index (χ1n) is 18.0. The monoisotopic (exact) mass is 533 g/mol. The van der Waals surface area contributed by atoms with Crippen LogP contribution in [0.25, 0.3) is 0 Å². The third kappa shape index (κ3) is 20.3. The molecule has 0 saturated heterocycles. The highest BCUT2D eigenvalue weighted by Gasteiger charge is 2.24. The Kier molecular flexibility index (Phi) is 26.0. The summed E-state index contributed by atoms with van der Waals surface area (Å²) < 4.78 is 0. The molecule has 0 spiro atoms. The summed E-state index contributed by atoms with van der Waals surface area (Å²) in [6.45, 7) is 9.48. The SMILES string of the molecule is CCCCCCCCCCCCCN1C=CN(CCCCCCCCCCC)C1CCCCCCCCC. The molecule has 1 aliphatic rings. The fraction of sp³-hybridized carbons (Fsp3) is 0.944. The van der Waals surface area contributed by atoms with Gasteiger partial charge in [0.1, 0.15) is 6.17 Å². The summed E-state index contributed by atoms with van der Waals surface area (Å²) in [4.78, 5) is 5.41. The molecule has 0 aromatic carbocycles. The molecule has 0 amide bonds. The predicted octanol–water partition coefficient (Wildman–Crippen LogP) is 12.4. The molecule has 38 heavy (non-hydrogen) atoms. The average Bonchev–Trinajstić information content (AvgIpc) is 3.31. The van der Waals surface area contributed by atoms with Gasteiger partial charge in [-0.25, -0.2) is 0 Å². The first-order chi connectivity index (χ1) is 18.8. The highest BCUT2D eigenvalue weighted by Crippen LogP contribution is 2.24. The van der Waals surface area contributed by atoms with Crippen molar-refractivity contribution in [2.24, 2.45) is 0 Å². The van der Waals surface area contributed by atoms with Crippen LogP contribution in [0.5, 0.6) is 0 Å². The van der Waals surface area contributed by atoms with Crippen LogP contribution in [-0.4, -0.2) is 29.1 Å². The van der Waals surface area contributed by atoms with Gasteiger partial charge < -0.3 is 9.80 Å². The number of unbranched alkanes of at least 4 members (excludes halogenated alkanes) is 24. The van der Waals surface area contributed by atoms with E-state index in [4.69, 9.17) is 0 Å². The van der Waals surface area contributed by atoms with E-state index >= 15 is 0 Å². The van der Waals surface area contributed by atoms with Crippen molar-refractivity contribution in [3.8, 4) is 0 Å². The van der Waals surface area contributed by atoms with E-state index in [0.29, 0.717) is 6.17 Å². The summed E-state index contributed by atoms with van der Waals surface area (Å²) in [5.74, 6) is 0. The van der Waals surface area contributed by atoms with Crippen LogP contribution in [0.15, 0.2) is 12.4 Å². The lowest BCUT2D eigenvalue weighted by molar-refractivity contribution is 0.135. The van der Waals surface area contributed by atoms with Gasteiger partial charge in [0.25, 0.3) is 0 Å². The zero-order valence-corrected chi connectivity index (χ0v) is 26.8. The average molecular weight is 533 g/mol. The van der Waals surface area contributed by atoms with Crippen LogP contribution in [0.2, 0.25) is 0 Å². The van der Waals surface area contributed by atoms with Crippen molar-refractivity contribution in [1.82, 2.24) is 9.80 Å². The Labute approximate surface area is 241 Å². The van der Waals surface area contributed by atoms with Crippen LogP contribution in [0, 0.1) is 0 Å². The normalized spacial score (nSPS) is 15.3. The quantitative estimate of drug-likeness (QED) is 0.0848. The summed E-state index contributed by atoms with van der Waals surface area (Å²) >= 11 is 0. The van der Waals surface area contributed by atoms with Crippen molar-refractivity contribution in [3.05, 3.63) is 12.4 Å². The zero-order chi connectivity index (χ0) is 27.4. The molecule has 0 N–H and O–H groups in total. The van der Waals surface area contributed by atoms with Crippen molar-refractivity contribution in [2.45, 2.75) is 207 Å². The molecule has 2 nitrogen and oxygen atoms in total. The van der Waals surface area contributed by atoms with Gasteiger partial charge in [-0.1, -0.05) is 175 Å². The Hall–Kier alpha value is -0.660. The maximum atomic E-state index is 2.71. The van der Waals surface area contributed by atoms with E-state index in [1.54, 1.807) is 0 Å². The summed E-state index contributed by atoms with van der Waals surface area (Å²) in [6.07, 6.45) is 45.4. The Bertz CT molecular complexity index is 488. The van der Waals surface area contributed by atoms with E-state index < -0.39 is 0 Å². The van der Waals surface area contributed by atoms with Crippen LogP contribution in [0.4, 0.5) is 0 Å². The summed E-state index contributed by atoms with van der Waals surface area (Å²) in [6, 6.07) is 0. The smallest absolute Gasteiger partial charge is 0.101 e. The second-order valence-corrected chi connectivity index (χ2v) is 12.5. The Morgan fingerprint density at radius 2 is 0.605 bits per heavy atom. The van der Waals surface area contributed by atoms with E-state index in [1.807, 2.05) is 0 Å². The molecule has 0 bridgehead atoms. The van der Waals surface area contributed by atoms with Crippen LogP contribution in [-0.2, 0) is 0 Å². The highest BCUT2D eigenvalue weighted by molar-refractivity contribution is 4.97. The topological polar surface area (TPSA) is 6.48 Å². The van der Waals surface area contributed by atoms with Crippen molar-refractivity contribution < 1.29 is 0 Å². The molecule has 1 unspecified atom stereocenters. The van der Waals surface area contributed by atoms with Crippen molar-refractivity contribution in [1.29, 1.82) is 0 Å². The van der Waals surface area contributed by atoms with Crippen molar-refractivity contribution in [2.75, 3.05) is 13.1 Å². The standard InChI is InChI=1S/C36H72N2/c1-4-7-10-13-16-18-19-21-24-27-30-33-38-35-34-37(32-29-26-23-20-17-14-11-8-5-2)36(38)31-28-25-22-15-12-9-6-3/h34-36H,4-33H2,1-3H3. The Morgan fingerprint density at radius 3 is 0.921 bits per heavy atom. The van der Waals surface area contributed by atoms with Gasteiger partial charge in [-0.05, 0) is 25.7 Å². The molecule has 1 aliphatic heterocycles. The summed E-state index contributed by atoms with van der Waals surface area (Å²) in [5.41, 5.74) is 0. The maximum absolute atomic E-state index is 2.71. The molecule has 0 saturated carbocycles. The molecule has 1 atom stereocenters.